The molecule has 0 spiro atoms. The molecule has 1 unspecified atom stereocenters. The van der Waals surface area contributed by atoms with Crippen molar-refractivity contribution in [2.24, 2.45) is 0 Å². The number of benzene rings is 2. The third kappa shape index (κ3) is 3.55. The lowest BCUT2D eigenvalue weighted by Crippen LogP contribution is -2.32. The van der Waals surface area contributed by atoms with Gasteiger partial charge in [-0.1, -0.05) is 34.1 Å². The lowest BCUT2D eigenvalue weighted by molar-refractivity contribution is -0.116. The molecule has 0 saturated carbocycles. The molecule has 23 heavy (non-hydrogen) atoms. The Hall–Kier alpha value is -1.88. The van der Waals surface area contributed by atoms with Crippen molar-refractivity contribution in [1.82, 2.24) is 0 Å². The summed E-state index contributed by atoms with van der Waals surface area (Å²) in [7, 11) is 0. The summed E-state index contributed by atoms with van der Waals surface area (Å²) in [6.45, 7) is 2.79. The molecule has 120 valence electrons. The lowest BCUT2D eigenvalue weighted by Gasteiger charge is -2.24. The van der Waals surface area contributed by atoms with E-state index in [9.17, 15) is 9.18 Å². The van der Waals surface area contributed by atoms with Crippen molar-refractivity contribution in [1.29, 1.82) is 0 Å². The average molecular weight is 377 g/mol. The van der Waals surface area contributed by atoms with Gasteiger partial charge < -0.3 is 10.2 Å². The maximum atomic E-state index is 13.8. The molecule has 2 aromatic carbocycles. The molecular weight excluding hydrogens is 359 g/mol. The minimum atomic E-state index is -0.437. The summed E-state index contributed by atoms with van der Waals surface area (Å²) < 4.78 is 14.4. The zero-order valence-corrected chi connectivity index (χ0v) is 14.4. The molecule has 1 aliphatic heterocycles. The molecule has 5 heteroatoms. The zero-order valence-electron chi connectivity index (χ0n) is 12.9. The van der Waals surface area contributed by atoms with Gasteiger partial charge in [-0.3, -0.25) is 4.79 Å². The molecular formula is C18H18BrFN2O. The molecule has 0 saturated heterocycles. The number of hydrogen-bond donors (Lipinski definition) is 1. The first kappa shape index (κ1) is 16.0. The summed E-state index contributed by atoms with van der Waals surface area (Å²) in [6, 6.07) is 13.3. The fraction of sp³-hybridized carbons (Fsp3) is 0.278. The van der Waals surface area contributed by atoms with E-state index in [4.69, 9.17) is 0 Å². The summed E-state index contributed by atoms with van der Waals surface area (Å²) in [5.74, 6) is -0.615. The van der Waals surface area contributed by atoms with Gasteiger partial charge in [-0.15, -0.1) is 0 Å². The van der Waals surface area contributed by atoms with E-state index in [0.717, 1.165) is 6.42 Å². The standard InChI is InChI=1S/C18H18BrFN2O/c1-12-10-13-4-2-3-5-17(13)22(12)9-8-18(23)21-16-7-6-14(19)11-15(16)20/h2-7,11-12H,8-10H2,1H3,(H,21,23). The Morgan fingerprint density at radius 1 is 1.35 bits per heavy atom. The highest BCUT2D eigenvalue weighted by molar-refractivity contribution is 9.10. The van der Waals surface area contributed by atoms with Crippen molar-refractivity contribution in [2.75, 3.05) is 16.8 Å². The van der Waals surface area contributed by atoms with Crippen LogP contribution in [0.3, 0.4) is 0 Å². The van der Waals surface area contributed by atoms with Gasteiger partial charge in [0, 0.05) is 29.2 Å². The van der Waals surface area contributed by atoms with E-state index in [-0.39, 0.29) is 11.6 Å². The van der Waals surface area contributed by atoms with E-state index in [0.29, 0.717) is 23.5 Å². The van der Waals surface area contributed by atoms with E-state index in [1.807, 2.05) is 12.1 Å². The van der Waals surface area contributed by atoms with Gasteiger partial charge in [-0.05, 0) is 43.2 Å². The molecule has 0 aliphatic carbocycles. The molecule has 2 aromatic rings. The summed E-state index contributed by atoms with van der Waals surface area (Å²) in [5.41, 5.74) is 2.73. The first-order valence-corrected chi connectivity index (χ1v) is 8.43. The summed E-state index contributed by atoms with van der Waals surface area (Å²) in [6.07, 6.45) is 1.33. The largest absolute Gasteiger partial charge is 0.368 e. The van der Waals surface area contributed by atoms with Gasteiger partial charge in [-0.25, -0.2) is 4.39 Å². The number of para-hydroxylation sites is 1. The molecule has 1 aliphatic rings. The second-order valence-corrected chi connectivity index (χ2v) is 6.71. The molecule has 0 bridgehead atoms. The molecule has 1 N–H and O–H groups in total. The number of anilines is 2. The third-order valence-electron chi connectivity index (χ3n) is 4.13. The number of rotatable bonds is 4. The Morgan fingerprint density at radius 3 is 2.91 bits per heavy atom. The molecule has 0 radical (unpaired) electrons. The summed E-state index contributed by atoms with van der Waals surface area (Å²) >= 11 is 3.20. The minimum Gasteiger partial charge on any atom is -0.368 e. The third-order valence-corrected chi connectivity index (χ3v) is 4.63. The molecule has 1 heterocycles. The number of nitrogens with zero attached hydrogens (tertiary/aromatic N) is 1. The maximum absolute atomic E-state index is 13.8. The van der Waals surface area contributed by atoms with Crippen LogP contribution >= 0.6 is 15.9 Å². The van der Waals surface area contributed by atoms with Gasteiger partial charge in [-0.2, -0.15) is 0 Å². The van der Waals surface area contributed by atoms with Crippen molar-refractivity contribution < 1.29 is 9.18 Å². The first-order chi connectivity index (χ1) is 11.0. The van der Waals surface area contributed by atoms with Crippen LogP contribution in [0.4, 0.5) is 15.8 Å². The van der Waals surface area contributed by atoms with Crippen LogP contribution in [0.5, 0.6) is 0 Å². The van der Waals surface area contributed by atoms with Crippen molar-refractivity contribution in [3.05, 3.63) is 58.3 Å². The molecule has 1 atom stereocenters. The summed E-state index contributed by atoms with van der Waals surface area (Å²) in [4.78, 5) is 14.4. The lowest BCUT2D eigenvalue weighted by atomic mass is 10.1. The number of fused-ring (bicyclic) bond motifs is 1. The number of nitrogens with one attached hydrogen (secondary N) is 1. The van der Waals surface area contributed by atoms with Gasteiger partial charge >= 0.3 is 0 Å². The van der Waals surface area contributed by atoms with Crippen LogP contribution in [0.25, 0.3) is 0 Å². The fourth-order valence-corrected chi connectivity index (χ4v) is 3.33. The van der Waals surface area contributed by atoms with Crippen molar-refractivity contribution in [2.45, 2.75) is 25.8 Å². The van der Waals surface area contributed by atoms with Crippen LogP contribution < -0.4 is 10.2 Å². The van der Waals surface area contributed by atoms with Crippen molar-refractivity contribution in [3.63, 3.8) is 0 Å². The second kappa shape index (κ2) is 6.71. The molecule has 3 rings (SSSR count). The Labute approximate surface area is 143 Å². The van der Waals surface area contributed by atoms with Crippen LogP contribution in [-0.2, 0) is 11.2 Å². The van der Waals surface area contributed by atoms with Gasteiger partial charge in [0.25, 0.3) is 0 Å². The van der Waals surface area contributed by atoms with Crippen LogP contribution in [-0.4, -0.2) is 18.5 Å². The quantitative estimate of drug-likeness (QED) is 0.858. The van der Waals surface area contributed by atoms with Crippen LogP contribution in [0, 0.1) is 5.82 Å². The van der Waals surface area contributed by atoms with Crippen LogP contribution in [0.2, 0.25) is 0 Å². The Morgan fingerprint density at radius 2 is 2.13 bits per heavy atom. The van der Waals surface area contributed by atoms with Gasteiger partial charge in [0.1, 0.15) is 5.82 Å². The van der Waals surface area contributed by atoms with E-state index in [2.05, 4.69) is 45.2 Å². The van der Waals surface area contributed by atoms with Crippen LogP contribution in [0.15, 0.2) is 46.9 Å². The Balaban J connectivity index is 1.61. The van der Waals surface area contributed by atoms with E-state index >= 15 is 0 Å². The number of carbonyl (C=O) groups excluding carboxylic acids is 1. The minimum absolute atomic E-state index is 0.178. The first-order valence-electron chi connectivity index (χ1n) is 7.64. The summed E-state index contributed by atoms with van der Waals surface area (Å²) in [5, 5.41) is 2.64. The SMILES string of the molecule is CC1Cc2ccccc2N1CCC(=O)Nc1ccc(Br)cc1F. The second-order valence-electron chi connectivity index (χ2n) is 5.80. The van der Waals surface area contributed by atoms with Gasteiger partial charge in [0.05, 0.1) is 5.69 Å². The van der Waals surface area contributed by atoms with Crippen LogP contribution in [0.1, 0.15) is 18.9 Å². The Kier molecular flexibility index (Phi) is 4.66. The number of carbonyl (C=O) groups is 1. The van der Waals surface area contributed by atoms with Crippen molar-refractivity contribution in [3.8, 4) is 0 Å². The maximum Gasteiger partial charge on any atom is 0.226 e. The Bertz CT molecular complexity index is 735. The van der Waals surface area contributed by atoms with E-state index in [1.165, 1.54) is 17.3 Å². The number of hydrogen-bond acceptors (Lipinski definition) is 2. The predicted octanol–water partition coefficient (Wildman–Crippen LogP) is 4.37. The molecule has 0 aromatic heterocycles. The van der Waals surface area contributed by atoms with Gasteiger partial charge in [0.15, 0.2) is 0 Å². The number of halogens is 2. The normalized spacial score (nSPS) is 16.3. The highest BCUT2D eigenvalue weighted by Gasteiger charge is 2.25. The monoisotopic (exact) mass is 376 g/mol. The number of amides is 1. The molecule has 0 fully saturated rings. The smallest absolute Gasteiger partial charge is 0.226 e. The van der Waals surface area contributed by atoms with Gasteiger partial charge in [0.2, 0.25) is 5.91 Å². The highest BCUT2D eigenvalue weighted by Crippen LogP contribution is 2.31. The van der Waals surface area contributed by atoms with Crippen molar-refractivity contribution >= 4 is 33.2 Å². The molecule has 1 amide bonds. The molecule has 3 nitrogen and oxygen atoms in total. The fourth-order valence-electron chi connectivity index (χ4n) is 3.00. The predicted molar refractivity (Wildman–Crippen MR) is 94.3 cm³/mol. The van der Waals surface area contributed by atoms with E-state index in [1.54, 1.807) is 12.1 Å². The topological polar surface area (TPSA) is 32.3 Å². The highest BCUT2D eigenvalue weighted by atomic mass is 79.9. The zero-order chi connectivity index (χ0) is 16.4. The average Bonchev–Trinajstić information content (AvgIpc) is 2.83. The van der Waals surface area contributed by atoms with E-state index < -0.39 is 5.82 Å².